The Morgan fingerprint density at radius 2 is 1.74 bits per heavy atom. The van der Waals surface area contributed by atoms with E-state index in [0.29, 0.717) is 25.6 Å². The van der Waals surface area contributed by atoms with Crippen LogP contribution in [0.15, 0.2) is 30.3 Å². The third kappa shape index (κ3) is 5.94. The highest BCUT2D eigenvalue weighted by molar-refractivity contribution is 5.90. The van der Waals surface area contributed by atoms with Gasteiger partial charge in [-0.3, -0.25) is 14.5 Å². The number of hydrogen-bond acceptors (Lipinski definition) is 4. The van der Waals surface area contributed by atoms with Gasteiger partial charge in [-0.25, -0.2) is 0 Å². The van der Waals surface area contributed by atoms with Crippen LogP contribution in [0.5, 0.6) is 0 Å². The largest absolute Gasteiger partial charge is 0.379 e. The van der Waals surface area contributed by atoms with Crippen LogP contribution in [-0.4, -0.2) is 66.9 Å². The van der Waals surface area contributed by atoms with Gasteiger partial charge in [-0.05, 0) is 42.2 Å². The van der Waals surface area contributed by atoms with E-state index in [-0.39, 0.29) is 35.0 Å². The molecule has 0 radical (unpaired) electrons. The van der Waals surface area contributed by atoms with E-state index in [1.165, 1.54) is 43.2 Å². The number of hydrogen-bond donors (Lipinski definition) is 0. The molecule has 5 rings (SSSR count). The molecule has 4 aliphatic rings. The summed E-state index contributed by atoms with van der Waals surface area (Å²) in [6.45, 7) is 8.93. The zero-order valence-electron chi connectivity index (χ0n) is 23.7. The maximum Gasteiger partial charge on any atom is 0.226 e. The van der Waals surface area contributed by atoms with Crippen LogP contribution < -0.4 is 0 Å². The fourth-order valence-electron chi connectivity index (χ4n) is 7.51. The molecule has 1 saturated carbocycles. The fraction of sp³-hybridized carbons (Fsp3) is 0.697. The van der Waals surface area contributed by atoms with Crippen molar-refractivity contribution in [1.29, 1.82) is 0 Å². The van der Waals surface area contributed by atoms with Crippen LogP contribution in [0.25, 0.3) is 6.08 Å². The Morgan fingerprint density at radius 1 is 1.03 bits per heavy atom. The summed E-state index contributed by atoms with van der Waals surface area (Å²) in [4.78, 5) is 32.5. The molecule has 1 amide bonds. The molecule has 1 spiro atoms. The highest BCUT2D eigenvalue weighted by Crippen LogP contribution is 2.44. The predicted molar refractivity (Wildman–Crippen MR) is 153 cm³/mol. The first-order valence-corrected chi connectivity index (χ1v) is 15.4. The van der Waals surface area contributed by atoms with E-state index in [2.05, 4.69) is 60.1 Å². The number of Topliss-reactive ketones (excluding diaryl/α,β-unsaturated/α-hetero) is 1. The second-order valence-electron chi connectivity index (χ2n) is 12.5. The van der Waals surface area contributed by atoms with Crippen molar-refractivity contribution >= 4 is 17.8 Å². The first kappa shape index (κ1) is 27.6. The van der Waals surface area contributed by atoms with Crippen LogP contribution in [-0.2, 0) is 19.7 Å². The minimum Gasteiger partial charge on any atom is -0.379 e. The van der Waals surface area contributed by atoms with Crippen molar-refractivity contribution < 1.29 is 14.3 Å². The van der Waals surface area contributed by atoms with Gasteiger partial charge in [0.05, 0.1) is 19.3 Å². The molecule has 1 aromatic rings. The number of ketones is 1. The zero-order chi connectivity index (χ0) is 26.5. The van der Waals surface area contributed by atoms with Crippen molar-refractivity contribution in [1.82, 2.24) is 9.80 Å². The number of benzene rings is 1. The summed E-state index contributed by atoms with van der Waals surface area (Å²) < 4.78 is 5.62. The van der Waals surface area contributed by atoms with E-state index in [1.54, 1.807) is 0 Å². The smallest absolute Gasteiger partial charge is 0.226 e. The average Bonchev–Trinajstić information content (AvgIpc) is 3.33. The Kier molecular flexibility index (Phi) is 9.05. The van der Waals surface area contributed by atoms with Crippen LogP contribution in [0.3, 0.4) is 0 Å². The molecular formula is C33H48N2O3. The second kappa shape index (κ2) is 12.5. The van der Waals surface area contributed by atoms with E-state index in [1.807, 2.05) is 0 Å². The molecule has 38 heavy (non-hydrogen) atoms. The number of nitrogens with zero attached hydrogens (tertiary/aromatic N) is 2. The standard InChI is InChI=1S/C33H48N2O3/c1-3-25(2)28(24-31(36)30(34-19-21-38-22-20-34)23-26-9-5-4-6-10-26)32(37)35-17-15-33(16-18-35)14-13-27-11-7-8-12-29(27)33/h7-8,11-14,25-26,28,30H,3-6,9-10,15-24H2,1-2H3/t25-,28-,30-/m0/s1. The number of amides is 1. The molecule has 0 bridgehead atoms. The summed E-state index contributed by atoms with van der Waals surface area (Å²) in [5.41, 5.74) is 2.80. The number of fused-ring (bicyclic) bond motifs is 2. The van der Waals surface area contributed by atoms with Crippen LogP contribution in [0, 0.1) is 17.8 Å². The number of rotatable bonds is 9. The first-order chi connectivity index (χ1) is 18.5. The van der Waals surface area contributed by atoms with E-state index >= 15 is 0 Å². The third-order valence-corrected chi connectivity index (χ3v) is 10.3. The minimum absolute atomic E-state index is 0.0638. The van der Waals surface area contributed by atoms with Crippen LogP contribution in [0.2, 0.25) is 0 Å². The number of ether oxygens (including phenoxy) is 1. The Bertz CT molecular complexity index is 984. The van der Waals surface area contributed by atoms with E-state index in [0.717, 1.165) is 51.9 Å². The number of carbonyl (C=O) groups is 2. The van der Waals surface area contributed by atoms with E-state index < -0.39 is 0 Å². The van der Waals surface area contributed by atoms with Gasteiger partial charge >= 0.3 is 0 Å². The van der Waals surface area contributed by atoms with Gasteiger partial charge in [0.15, 0.2) is 5.78 Å². The summed E-state index contributed by atoms with van der Waals surface area (Å²) in [6.07, 6.45) is 15.2. The molecule has 3 fully saturated rings. The normalized spacial score (nSPS) is 24.2. The van der Waals surface area contributed by atoms with Gasteiger partial charge < -0.3 is 9.64 Å². The lowest BCUT2D eigenvalue weighted by Crippen LogP contribution is -2.50. The van der Waals surface area contributed by atoms with Gasteiger partial charge in [0.2, 0.25) is 5.91 Å². The van der Waals surface area contributed by atoms with Crippen molar-refractivity contribution in [3.05, 3.63) is 41.5 Å². The molecule has 0 aromatic heterocycles. The first-order valence-electron chi connectivity index (χ1n) is 15.4. The number of morpholine rings is 1. The van der Waals surface area contributed by atoms with Gasteiger partial charge in [0.1, 0.15) is 0 Å². The summed E-state index contributed by atoms with van der Waals surface area (Å²) >= 11 is 0. The molecular weight excluding hydrogens is 472 g/mol. The molecule has 2 saturated heterocycles. The molecule has 5 nitrogen and oxygen atoms in total. The molecule has 2 heterocycles. The topological polar surface area (TPSA) is 49.9 Å². The van der Waals surface area contributed by atoms with Crippen LogP contribution in [0.4, 0.5) is 0 Å². The molecule has 0 unspecified atom stereocenters. The lowest BCUT2D eigenvalue weighted by molar-refractivity contribution is -0.142. The van der Waals surface area contributed by atoms with E-state index in [9.17, 15) is 9.59 Å². The molecule has 5 heteroatoms. The lowest BCUT2D eigenvalue weighted by atomic mass is 9.74. The Balaban J connectivity index is 1.26. The second-order valence-corrected chi connectivity index (χ2v) is 12.5. The van der Waals surface area contributed by atoms with Gasteiger partial charge in [-0.2, -0.15) is 0 Å². The number of allylic oxidation sites excluding steroid dienone is 1. The Morgan fingerprint density at radius 3 is 2.45 bits per heavy atom. The summed E-state index contributed by atoms with van der Waals surface area (Å²) in [5.74, 6) is 1.12. The average molecular weight is 521 g/mol. The van der Waals surface area contributed by atoms with Crippen molar-refractivity contribution in [2.45, 2.75) is 89.5 Å². The number of likely N-dealkylation sites (tertiary alicyclic amines) is 1. The minimum atomic E-state index is -0.220. The SMILES string of the molecule is CC[C@H](C)[C@H](CC(=O)[C@H](CC1CCCCC1)N1CCOCC1)C(=O)N1CCC2(C=Cc3ccccc32)CC1. The zero-order valence-corrected chi connectivity index (χ0v) is 23.7. The summed E-state index contributed by atoms with van der Waals surface area (Å²) in [5, 5.41) is 0. The monoisotopic (exact) mass is 520 g/mol. The van der Waals surface area contributed by atoms with Crippen molar-refractivity contribution in [3.8, 4) is 0 Å². The quantitative estimate of drug-likeness (QED) is 0.409. The molecule has 208 valence electrons. The fourth-order valence-corrected chi connectivity index (χ4v) is 7.51. The molecule has 2 aliphatic carbocycles. The number of carbonyl (C=O) groups excluding carboxylic acids is 2. The maximum absolute atomic E-state index is 14.0. The molecule has 0 N–H and O–H groups in total. The molecule has 3 atom stereocenters. The predicted octanol–water partition coefficient (Wildman–Crippen LogP) is 5.87. The highest BCUT2D eigenvalue weighted by atomic mass is 16.5. The van der Waals surface area contributed by atoms with E-state index in [4.69, 9.17) is 4.74 Å². The lowest BCUT2D eigenvalue weighted by Gasteiger charge is -2.41. The Hall–Kier alpha value is -1.98. The molecule has 1 aromatic carbocycles. The summed E-state index contributed by atoms with van der Waals surface area (Å²) in [6, 6.07) is 8.62. The highest BCUT2D eigenvalue weighted by Gasteiger charge is 2.41. The summed E-state index contributed by atoms with van der Waals surface area (Å²) in [7, 11) is 0. The van der Waals surface area contributed by atoms with Crippen LogP contribution in [0.1, 0.15) is 89.2 Å². The maximum atomic E-state index is 14.0. The van der Waals surface area contributed by atoms with Gasteiger partial charge in [-0.1, -0.05) is 88.8 Å². The van der Waals surface area contributed by atoms with Gasteiger partial charge in [0.25, 0.3) is 0 Å². The third-order valence-electron chi connectivity index (χ3n) is 10.3. The Labute approximate surface area is 230 Å². The van der Waals surface area contributed by atoms with Crippen LogP contribution >= 0.6 is 0 Å². The molecule has 2 aliphatic heterocycles. The van der Waals surface area contributed by atoms with Gasteiger partial charge in [-0.15, -0.1) is 0 Å². The van der Waals surface area contributed by atoms with Crippen molar-refractivity contribution in [2.75, 3.05) is 39.4 Å². The number of piperidine rings is 1. The van der Waals surface area contributed by atoms with Crippen molar-refractivity contribution in [2.24, 2.45) is 17.8 Å². The van der Waals surface area contributed by atoms with Crippen molar-refractivity contribution in [3.63, 3.8) is 0 Å². The van der Waals surface area contributed by atoms with Gasteiger partial charge in [0, 0.05) is 43.9 Å².